The molecule has 1 aromatic carbocycles. The summed E-state index contributed by atoms with van der Waals surface area (Å²) in [6.07, 6.45) is 6.13. The number of hydrogen-bond donors (Lipinski definition) is 0. The van der Waals surface area contributed by atoms with Gasteiger partial charge < -0.3 is 4.90 Å². The molecule has 0 spiro atoms. The van der Waals surface area contributed by atoms with Crippen molar-refractivity contribution in [3.8, 4) is 6.07 Å². The van der Waals surface area contributed by atoms with Crippen LogP contribution in [0.4, 0.5) is 5.69 Å². The molecule has 3 heteroatoms. The summed E-state index contributed by atoms with van der Waals surface area (Å²) in [5.74, 6) is 0. The van der Waals surface area contributed by atoms with E-state index in [1.165, 1.54) is 10.6 Å². The molecule has 2 atom stereocenters. The summed E-state index contributed by atoms with van der Waals surface area (Å²) in [5, 5.41) is 9.38. The Morgan fingerprint density at radius 2 is 2.18 bits per heavy atom. The van der Waals surface area contributed by atoms with Crippen molar-refractivity contribution >= 4 is 17.4 Å². The maximum atomic E-state index is 8.97. The molecule has 1 aliphatic carbocycles. The summed E-state index contributed by atoms with van der Waals surface area (Å²) in [6.45, 7) is 0. The second kappa shape index (κ2) is 3.97. The Hall–Kier alpha value is -1.66. The molecule has 0 saturated heterocycles. The third-order valence-electron chi connectivity index (χ3n) is 3.24. The number of nitriles is 1. The Morgan fingerprint density at radius 1 is 1.35 bits per heavy atom. The number of benzene rings is 1. The minimum absolute atomic E-state index is 0.287. The maximum Gasteiger partial charge on any atom is 0.0988 e. The van der Waals surface area contributed by atoms with Crippen molar-refractivity contribution in [2.75, 3.05) is 11.9 Å². The highest BCUT2D eigenvalue weighted by Crippen LogP contribution is 2.43. The lowest BCUT2D eigenvalue weighted by Crippen LogP contribution is -2.41. The molecule has 0 N–H and O–H groups in total. The molecular weight excluding hydrogens is 228 g/mol. The van der Waals surface area contributed by atoms with E-state index in [0.717, 1.165) is 5.57 Å². The first-order valence-electron chi connectivity index (χ1n) is 5.58. The van der Waals surface area contributed by atoms with E-state index in [1.54, 1.807) is 0 Å². The molecule has 0 aromatic heterocycles. The first-order valence-corrected chi connectivity index (χ1v) is 6.46. The smallest absolute Gasteiger partial charge is 0.0988 e. The van der Waals surface area contributed by atoms with Crippen LogP contribution in [-0.2, 0) is 0 Å². The number of thioether (sulfide) groups is 1. The third-order valence-corrected chi connectivity index (χ3v) is 4.54. The Balaban J connectivity index is 2.04. The zero-order chi connectivity index (χ0) is 11.8. The summed E-state index contributed by atoms with van der Waals surface area (Å²) in [5.41, 5.74) is 2.01. The van der Waals surface area contributed by atoms with Gasteiger partial charge in [-0.1, -0.05) is 18.2 Å². The average molecular weight is 240 g/mol. The highest BCUT2D eigenvalue weighted by molar-refractivity contribution is 8.00. The molecule has 1 aromatic rings. The fourth-order valence-electron chi connectivity index (χ4n) is 2.32. The summed E-state index contributed by atoms with van der Waals surface area (Å²) in [6, 6.07) is 10.9. The number of rotatable bonds is 0. The second-order valence-electron chi connectivity index (χ2n) is 4.24. The number of para-hydroxylation sites is 1. The monoisotopic (exact) mass is 240 g/mol. The van der Waals surface area contributed by atoms with E-state index in [-0.39, 0.29) is 6.04 Å². The quantitative estimate of drug-likeness (QED) is 0.697. The molecule has 0 fully saturated rings. The van der Waals surface area contributed by atoms with Gasteiger partial charge in [0.2, 0.25) is 0 Å². The van der Waals surface area contributed by atoms with Crippen LogP contribution in [0.5, 0.6) is 0 Å². The molecule has 1 heterocycles. The lowest BCUT2D eigenvalue weighted by Gasteiger charge is -2.39. The summed E-state index contributed by atoms with van der Waals surface area (Å²) in [7, 11) is 2.10. The minimum atomic E-state index is 0.287. The van der Waals surface area contributed by atoms with E-state index in [1.807, 2.05) is 17.8 Å². The molecule has 0 unspecified atom stereocenters. The Kier molecular flexibility index (Phi) is 2.45. The minimum Gasteiger partial charge on any atom is -0.366 e. The van der Waals surface area contributed by atoms with Gasteiger partial charge in [0.05, 0.1) is 23.0 Å². The van der Waals surface area contributed by atoms with Gasteiger partial charge in [0.15, 0.2) is 0 Å². The highest BCUT2D eigenvalue weighted by atomic mass is 32.2. The van der Waals surface area contributed by atoms with Crippen LogP contribution in [0, 0.1) is 11.3 Å². The van der Waals surface area contributed by atoms with Crippen molar-refractivity contribution in [1.82, 2.24) is 0 Å². The van der Waals surface area contributed by atoms with Crippen LogP contribution in [-0.4, -0.2) is 18.3 Å². The van der Waals surface area contributed by atoms with Gasteiger partial charge in [-0.05, 0) is 24.3 Å². The van der Waals surface area contributed by atoms with Crippen LogP contribution in [0.25, 0.3) is 0 Å². The van der Waals surface area contributed by atoms with Crippen LogP contribution in [0.2, 0.25) is 0 Å². The van der Waals surface area contributed by atoms with Gasteiger partial charge in [-0.3, -0.25) is 0 Å². The number of fused-ring (bicyclic) bond motifs is 2. The van der Waals surface area contributed by atoms with Crippen molar-refractivity contribution in [3.63, 3.8) is 0 Å². The van der Waals surface area contributed by atoms with Gasteiger partial charge in [-0.15, -0.1) is 11.8 Å². The van der Waals surface area contributed by atoms with Crippen molar-refractivity contribution in [2.45, 2.75) is 16.2 Å². The number of hydrogen-bond acceptors (Lipinski definition) is 3. The molecule has 1 aliphatic heterocycles. The van der Waals surface area contributed by atoms with Crippen molar-refractivity contribution in [2.24, 2.45) is 0 Å². The van der Waals surface area contributed by atoms with Crippen molar-refractivity contribution in [3.05, 3.63) is 48.1 Å². The Morgan fingerprint density at radius 3 is 3.00 bits per heavy atom. The first kappa shape index (κ1) is 10.5. The fraction of sp³-hybridized carbons (Fsp3) is 0.214. The molecule has 0 saturated carbocycles. The van der Waals surface area contributed by atoms with E-state index >= 15 is 0 Å². The lowest BCUT2D eigenvalue weighted by atomic mass is 10.0. The summed E-state index contributed by atoms with van der Waals surface area (Å²) < 4.78 is 0. The maximum absolute atomic E-state index is 8.97. The zero-order valence-corrected chi connectivity index (χ0v) is 10.3. The largest absolute Gasteiger partial charge is 0.366 e. The van der Waals surface area contributed by atoms with Gasteiger partial charge in [0.25, 0.3) is 0 Å². The molecule has 0 bridgehead atoms. The topological polar surface area (TPSA) is 27.0 Å². The standard InChI is InChI=1S/C14H12N2S/c1-16-11-4-2-3-5-13(11)17-14-7-6-10(9-15)8-12(14)16/h2-8,12,14H,1H3/t12-,14-/m1/s1. The van der Waals surface area contributed by atoms with E-state index in [0.29, 0.717) is 5.25 Å². The molecular formula is C14H12N2S. The van der Waals surface area contributed by atoms with Crippen LogP contribution in [0.15, 0.2) is 53.0 Å². The van der Waals surface area contributed by atoms with Crippen molar-refractivity contribution < 1.29 is 0 Å². The lowest BCUT2D eigenvalue weighted by molar-refractivity contribution is 0.743. The van der Waals surface area contributed by atoms with Crippen LogP contribution in [0.1, 0.15) is 0 Å². The predicted octanol–water partition coefficient (Wildman–Crippen LogP) is 2.99. The summed E-state index contributed by atoms with van der Waals surface area (Å²) in [4.78, 5) is 3.58. The number of allylic oxidation sites excluding steroid dienone is 2. The van der Waals surface area contributed by atoms with E-state index < -0.39 is 0 Å². The number of likely N-dealkylation sites (N-methyl/N-ethyl adjacent to an activating group) is 1. The second-order valence-corrected chi connectivity index (χ2v) is 5.46. The van der Waals surface area contributed by atoms with Gasteiger partial charge >= 0.3 is 0 Å². The Labute approximate surface area is 105 Å². The Bertz CT molecular complexity index is 554. The third kappa shape index (κ3) is 1.65. The van der Waals surface area contributed by atoms with Gasteiger partial charge in [-0.25, -0.2) is 0 Å². The van der Waals surface area contributed by atoms with Gasteiger partial charge in [0.1, 0.15) is 0 Å². The number of nitrogens with zero attached hydrogens (tertiary/aromatic N) is 2. The molecule has 2 nitrogen and oxygen atoms in total. The summed E-state index contributed by atoms with van der Waals surface area (Å²) >= 11 is 1.87. The van der Waals surface area contributed by atoms with Gasteiger partial charge in [0, 0.05) is 17.5 Å². The van der Waals surface area contributed by atoms with Crippen LogP contribution in [0.3, 0.4) is 0 Å². The van der Waals surface area contributed by atoms with Crippen molar-refractivity contribution in [1.29, 1.82) is 5.26 Å². The fourth-order valence-corrected chi connectivity index (χ4v) is 3.66. The molecule has 2 aliphatic rings. The van der Waals surface area contributed by atoms with Crippen LogP contribution >= 0.6 is 11.8 Å². The van der Waals surface area contributed by atoms with E-state index in [2.05, 4.69) is 54.4 Å². The molecule has 0 amide bonds. The zero-order valence-electron chi connectivity index (χ0n) is 9.50. The molecule has 84 valence electrons. The predicted molar refractivity (Wildman–Crippen MR) is 71.1 cm³/mol. The average Bonchev–Trinajstić information content (AvgIpc) is 2.39. The van der Waals surface area contributed by atoms with Gasteiger partial charge in [-0.2, -0.15) is 5.26 Å². The van der Waals surface area contributed by atoms with Crippen LogP contribution < -0.4 is 4.90 Å². The normalized spacial score (nSPS) is 25.6. The first-order chi connectivity index (χ1) is 8.29. The van der Waals surface area contributed by atoms with E-state index in [4.69, 9.17) is 5.26 Å². The molecule has 17 heavy (non-hydrogen) atoms. The highest BCUT2D eigenvalue weighted by Gasteiger charge is 2.31. The number of anilines is 1. The molecule has 3 rings (SSSR count). The molecule has 0 radical (unpaired) electrons. The SMILES string of the molecule is CN1c2ccccc2S[C@@H]2C=CC(C#N)=C[C@H]21. The van der Waals surface area contributed by atoms with E-state index in [9.17, 15) is 0 Å².